The van der Waals surface area contributed by atoms with Gasteiger partial charge in [-0.2, -0.15) is 9.61 Å². The van der Waals surface area contributed by atoms with Crippen molar-refractivity contribution < 1.29 is 0 Å². The number of nitrogens with zero attached hydrogens (tertiary/aromatic N) is 5. The minimum atomic E-state index is 0.628. The van der Waals surface area contributed by atoms with E-state index in [0.29, 0.717) is 5.92 Å². The number of hydrogen-bond acceptors (Lipinski definition) is 5. The zero-order valence-electron chi connectivity index (χ0n) is 18.2. The molecule has 0 bridgehead atoms. The van der Waals surface area contributed by atoms with Crippen molar-refractivity contribution in [3.63, 3.8) is 0 Å². The average Bonchev–Trinajstić information content (AvgIpc) is 3.62. The number of benzene rings is 1. The Morgan fingerprint density at radius 1 is 0.969 bits per heavy atom. The molecule has 1 aliphatic carbocycles. The van der Waals surface area contributed by atoms with Crippen LogP contribution in [0, 0.1) is 0 Å². The molecule has 0 spiro atoms. The van der Waals surface area contributed by atoms with Gasteiger partial charge in [-0.15, -0.1) is 0 Å². The lowest BCUT2D eigenvalue weighted by Gasteiger charge is -2.28. The van der Waals surface area contributed by atoms with Crippen molar-refractivity contribution in [3.05, 3.63) is 72.1 Å². The fraction of sp³-hybridized carbons (Fsp3) is 0.346. The molecule has 2 fully saturated rings. The van der Waals surface area contributed by atoms with E-state index >= 15 is 0 Å². The second-order valence-corrected chi connectivity index (χ2v) is 8.92. The van der Waals surface area contributed by atoms with E-state index in [1.807, 2.05) is 35.1 Å². The highest BCUT2D eigenvalue weighted by Crippen LogP contribution is 2.42. The third-order valence-electron chi connectivity index (χ3n) is 6.57. The molecule has 4 aromatic rings. The molecule has 2 aliphatic rings. The molecule has 1 aromatic carbocycles. The fourth-order valence-corrected chi connectivity index (χ4v) is 4.58. The Kier molecular flexibility index (Phi) is 4.98. The maximum Gasteiger partial charge on any atom is 0.163 e. The molecule has 1 N–H and O–H groups in total. The number of aromatic nitrogens is 4. The van der Waals surface area contributed by atoms with Gasteiger partial charge < -0.3 is 10.2 Å². The van der Waals surface area contributed by atoms with Crippen molar-refractivity contribution in [1.82, 2.24) is 19.6 Å². The molecule has 162 valence electrons. The van der Waals surface area contributed by atoms with Crippen molar-refractivity contribution in [3.8, 4) is 11.3 Å². The summed E-state index contributed by atoms with van der Waals surface area (Å²) in [6.45, 7) is 2.91. The Hall–Kier alpha value is -3.41. The summed E-state index contributed by atoms with van der Waals surface area (Å²) in [4.78, 5) is 11.9. The Morgan fingerprint density at radius 3 is 2.56 bits per heavy atom. The monoisotopic (exact) mass is 424 g/mol. The maximum absolute atomic E-state index is 5.06. The van der Waals surface area contributed by atoms with Gasteiger partial charge in [0.05, 0.1) is 11.9 Å². The summed E-state index contributed by atoms with van der Waals surface area (Å²) in [5, 5.41) is 8.33. The summed E-state index contributed by atoms with van der Waals surface area (Å²) in [6, 6.07) is 16.8. The minimum Gasteiger partial charge on any atom is -0.366 e. The van der Waals surface area contributed by atoms with Crippen LogP contribution in [0.1, 0.15) is 49.1 Å². The third-order valence-corrected chi connectivity index (χ3v) is 6.57. The van der Waals surface area contributed by atoms with E-state index in [1.54, 1.807) is 0 Å². The van der Waals surface area contributed by atoms with Crippen molar-refractivity contribution in [2.75, 3.05) is 23.3 Å². The van der Waals surface area contributed by atoms with Gasteiger partial charge in [-0.1, -0.05) is 30.3 Å². The van der Waals surface area contributed by atoms with Gasteiger partial charge in [0.25, 0.3) is 0 Å². The fourth-order valence-electron chi connectivity index (χ4n) is 4.58. The van der Waals surface area contributed by atoms with E-state index in [9.17, 15) is 0 Å². The van der Waals surface area contributed by atoms with Crippen LogP contribution in [0.25, 0.3) is 16.9 Å². The molecule has 32 heavy (non-hydrogen) atoms. The average molecular weight is 425 g/mol. The minimum absolute atomic E-state index is 0.628. The molecule has 6 nitrogen and oxygen atoms in total. The first kappa shape index (κ1) is 19.3. The Bertz CT molecular complexity index is 1200. The smallest absolute Gasteiger partial charge is 0.163 e. The van der Waals surface area contributed by atoms with Crippen LogP contribution in [0.15, 0.2) is 60.9 Å². The van der Waals surface area contributed by atoms with Crippen LogP contribution in [-0.4, -0.2) is 32.7 Å². The number of piperidine rings is 1. The molecule has 1 aliphatic heterocycles. The third kappa shape index (κ3) is 3.81. The molecule has 0 amide bonds. The van der Waals surface area contributed by atoms with E-state index in [2.05, 4.69) is 45.5 Å². The molecule has 6 rings (SSSR count). The van der Waals surface area contributed by atoms with E-state index in [-0.39, 0.29) is 0 Å². The number of fused-ring (bicyclic) bond motifs is 1. The summed E-state index contributed by atoms with van der Waals surface area (Å²) >= 11 is 0. The largest absolute Gasteiger partial charge is 0.366 e. The highest BCUT2D eigenvalue weighted by molar-refractivity contribution is 5.63. The van der Waals surface area contributed by atoms with Gasteiger partial charge in [0.15, 0.2) is 5.65 Å². The van der Waals surface area contributed by atoms with Crippen molar-refractivity contribution in [1.29, 1.82) is 0 Å². The summed E-state index contributed by atoms with van der Waals surface area (Å²) in [7, 11) is 0. The Morgan fingerprint density at radius 2 is 1.81 bits per heavy atom. The van der Waals surface area contributed by atoms with Gasteiger partial charge in [-0.3, -0.25) is 4.98 Å². The molecule has 1 saturated heterocycles. The lowest BCUT2D eigenvalue weighted by molar-refractivity contribution is 0.573. The SMILES string of the molecule is c1ccc(-c2ccc(CNc3cc(N4CCCCC4)nc4c(C5CC5)cnn34)cc2)nc1. The summed E-state index contributed by atoms with van der Waals surface area (Å²) in [5.41, 5.74) is 5.67. The molecule has 4 heterocycles. The molecular formula is C26H28N6. The highest BCUT2D eigenvalue weighted by Gasteiger charge is 2.28. The molecule has 6 heteroatoms. The van der Waals surface area contributed by atoms with Crippen LogP contribution in [0.5, 0.6) is 0 Å². The first-order valence-corrected chi connectivity index (χ1v) is 11.7. The summed E-state index contributed by atoms with van der Waals surface area (Å²) in [6.07, 6.45) is 10.2. The molecule has 3 aromatic heterocycles. The van der Waals surface area contributed by atoms with Crippen molar-refractivity contribution in [2.45, 2.75) is 44.6 Å². The number of nitrogens with one attached hydrogen (secondary N) is 1. The van der Waals surface area contributed by atoms with E-state index in [0.717, 1.165) is 48.2 Å². The molecule has 0 radical (unpaired) electrons. The van der Waals surface area contributed by atoms with Crippen molar-refractivity contribution in [2.24, 2.45) is 0 Å². The van der Waals surface area contributed by atoms with E-state index < -0.39 is 0 Å². The first-order valence-electron chi connectivity index (χ1n) is 11.7. The van der Waals surface area contributed by atoms with E-state index in [1.165, 1.54) is 43.2 Å². The number of hydrogen-bond donors (Lipinski definition) is 1. The quantitative estimate of drug-likeness (QED) is 0.457. The highest BCUT2D eigenvalue weighted by atomic mass is 15.3. The van der Waals surface area contributed by atoms with Crippen LogP contribution in [-0.2, 0) is 6.54 Å². The van der Waals surface area contributed by atoms with Gasteiger partial charge in [-0.05, 0) is 55.7 Å². The zero-order valence-corrected chi connectivity index (χ0v) is 18.2. The lowest BCUT2D eigenvalue weighted by Crippen LogP contribution is -2.30. The number of pyridine rings is 1. The molecule has 0 atom stereocenters. The predicted octanol–water partition coefficient (Wildman–Crippen LogP) is 5.27. The lowest BCUT2D eigenvalue weighted by atomic mass is 10.1. The van der Waals surface area contributed by atoms with Gasteiger partial charge in [-0.25, -0.2) is 4.98 Å². The zero-order chi connectivity index (χ0) is 21.3. The van der Waals surface area contributed by atoms with Crippen LogP contribution in [0.4, 0.5) is 11.6 Å². The predicted molar refractivity (Wildman–Crippen MR) is 128 cm³/mol. The molecule has 0 unspecified atom stereocenters. The number of anilines is 2. The standard InChI is InChI=1S/C26H28N6/c1-4-14-31(15-5-1)25-16-24(32-26(30-25)22(18-29-32)20-11-12-20)28-17-19-7-9-21(10-8-19)23-6-2-3-13-27-23/h2-3,6-10,13,16,18,20,28H,1,4-5,11-12,14-15,17H2. The van der Waals surface area contributed by atoms with Gasteiger partial charge in [0, 0.05) is 43.0 Å². The van der Waals surface area contributed by atoms with Gasteiger partial charge in [0.2, 0.25) is 0 Å². The van der Waals surface area contributed by atoms with Crippen LogP contribution >= 0.6 is 0 Å². The molecular weight excluding hydrogens is 396 g/mol. The van der Waals surface area contributed by atoms with Crippen LogP contribution < -0.4 is 10.2 Å². The Balaban J connectivity index is 1.27. The topological polar surface area (TPSA) is 58.3 Å². The maximum atomic E-state index is 5.06. The number of rotatable bonds is 6. The van der Waals surface area contributed by atoms with Gasteiger partial charge in [0.1, 0.15) is 11.6 Å². The first-order chi connectivity index (χ1) is 15.8. The normalized spacial score (nSPS) is 16.4. The van der Waals surface area contributed by atoms with E-state index in [4.69, 9.17) is 10.1 Å². The second-order valence-electron chi connectivity index (χ2n) is 8.92. The second kappa shape index (κ2) is 8.26. The summed E-state index contributed by atoms with van der Waals surface area (Å²) in [5.74, 6) is 2.72. The van der Waals surface area contributed by atoms with Gasteiger partial charge >= 0.3 is 0 Å². The van der Waals surface area contributed by atoms with Crippen LogP contribution in [0.3, 0.4) is 0 Å². The summed E-state index contributed by atoms with van der Waals surface area (Å²) < 4.78 is 1.99. The van der Waals surface area contributed by atoms with Crippen molar-refractivity contribution >= 4 is 17.3 Å². The molecule has 1 saturated carbocycles. The Labute approximate surface area is 188 Å². The van der Waals surface area contributed by atoms with Crippen LogP contribution in [0.2, 0.25) is 0 Å².